The van der Waals surface area contributed by atoms with E-state index in [0.29, 0.717) is 25.2 Å². The van der Waals surface area contributed by atoms with Crippen LogP contribution in [0.3, 0.4) is 0 Å². The number of carboxylic acids is 1. The molecule has 1 aromatic heterocycles. The highest BCUT2D eigenvalue weighted by Crippen LogP contribution is 2.47. The Kier molecular flexibility index (Phi) is 3.12. The Labute approximate surface area is 121 Å². The van der Waals surface area contributed by atoms with E-state index >= 15 is 0 Å². The number of tetrazole rings is 1. The number of hydrogen-bond donors (Lipinski definition) is 1. The number of nitrogens with zero attached hydrogens (tertiary/aromatic N) is 4. The van der Waals surface area contributed by atoms with Gasteiger partial charge >= 0.3 is 5.97 Å². The molecule has 0 aliphatic heterocycles. The molecule has 0 atom stereocenters. The van der Waals surface area contributed by atoms with Crippen molar-refractivity contribution in [2.75, 3.05) is 7.11 Å². The molecule has 1 aliphatic carbocycles. The third-order valence-electron chi connectivity index (χ3n) is 3.96. The van der Waals surface area contributed by atoms with Gasteiger partial charge in [0.2, 0.25) is 0 Å². The zero-order chi connectivity index (χ0) is 15.0. The lowest BCUT2D eigenvalue weighted by molar-refractivity contribution is -0.144. The summed E-state index contributed by atoms with van der Waals surface area (Å²) in [6, 6.07) is 5.69. The van der Waals surface area contributed by atoms with E-state index in [1.807, 2.05) is 25.1 Å². The van der Waals surface area contributed by atoms with Gasteiger partial charge in [-0.15, -0.1) is 5.10 Å². The molecule has 1 heterocycles. The highest BCUT2D eigenvalue weighted by molar-refractivity contribution is 5.77. The van der Waals surface area contributed by atoms with Gasteiger partial charge in [-0.05, 0) is 41.8 Å². The summed E-state index contributed by atoms with van der Waals surface area (Å²) in [7, 11) is 1.61. The standard InChI is InChI=1S/C14H16N4O3/c1-9-3-4-10(7-11(9)21-2)12-15-16-17-18(12)8-14(5-6-14)13(19)20/h3-4,7H,5-6,8H2,1-2H3,(H,19,20). The van der Waals surface area contributed by atoms with Crippen LogP contribution >= 0.6 is 0 Å². The molecule has 1 N–H and O–H groups in total. The zero-order valence-electron chi connectivity index (χ0n) is 11.9. The first-order chi connectivity index (χ1) is 10.1. The first-order valence-corrected chi connectivity index (χ1v) is 6.70. The van der Waals surface area contributed by atoms with Gasteiger partial charge < -0.3 is 9.84 Å². The second kappa shape index (κ2) is 4.83. The van der Waals surface area contributed by atoms with Gasteiger partial charge in [0.25, 0.3) is 0 Å². The largest absolute Gasteiger partial charge is 0.496 e. The fraction of sp³-hybridized carbons (Fsp3) is 0.429. The first-order valence-electron chi connectivity index (χ1n) is 6.70. The minimum absolute atomic E-state index is 0.293. The normalized spacial score (nSPS) is 15.7. The Hall–Kier alpha value is -2.44. The molecule has 0 saturated heterocycles. The van der Waals surface area contributed by atoms with Crippen molar-refractivity contribution in [1.82, 2.24) is 20.2 Å². The fourth-order valence-electron chi connectivity index (χ4n) is 2.35. The Balaban J connectivity index is 1.94. The molecule has 3 rings (SSSR count). The van der Waals surface area contributed by atoms with Crippen molar-refractivity contribution >= 4 is 5.97 Å². The van der Waals surface area contributed by atoms with Gasteiger partial charge in [-0.2, -0.15) is 0 Å². The van der Waals surface area contributed by atoms with Gasteiger partial charge in [0.15, 0.2) is 5.82 Å². The van der Waals surface area contributed by atoms with Crippen LogP contribution < -0.4 is 4.74 Å². The van der Waals surface area contributed by atoms with Crippen molar-refractivity contribution in [2.24, 2.45) is 5.41 Å². The maximum Gasteiger partial charge on any atom is 0.311 e. The summed E-state index contributed by atoms with van der Waals surface area (Å²) in [5.41, 5.74) is 1.12. The molecule has 21 heavy (non-hydrogen) atoms. The second-order valence-electron chi connectivity index (χ2n) is 5.43. The maximum absolute atomic E-state index is 11.3. The van der Waals surface area contributed by atoms with Crippen LogP contribution in [0.5, 0.6) is 5.75 Å². The average Bonchev–Trinajstić information content (AvgIpc) is 3.11. The lowest BCUT2D eigenvalue weighted by Crippen LogP contribution is -2.22. The SMILES string of the molecule is COc1cc(-c2nnnn2CC2(C(=O)O)CC2)ccc1C. The highest BCUT2D eigenvalue weighted by Gasteiger charge is 2.51. The second-order valence-corrected chi connectivity index (χ2v) is 5.43. The monoisotopic (exact) mass is 288 g/mol. The van der Waals surface area contributed by atoms with Crippen molar-refractivity contribution in [1.29, 1.82) is 0 Å². The van der Waals surface area contributed by atoms with Crippen LogP contribution in [0.2, 0.25) is 0 Å². The summed E-state index contributed by atoms with van der Waals surface area (Å²) >= 11 is 0. The molecule has 2 aromatic rings. The number of hydrogen-bond acceptors (Lipinski definition) is 5. The molecule has 1 aromatic carbocycles. The van der Waals surface area contributed by atoms with E-state index in [2.05, 4.69) is 15.5 Å². The molecular formula is C14H16N4O3. The molecule has 7 heteroatoms. The van der Waals surface area contributed by atoms with Gasteiger partial charge in [0.1, 0.15) is 5.75 Å². The van der Waals surface area contributed by atoms with Crippen LogP contribution in [0.4, 0.5) is 0 Å². The number of carbonyl (C=O) groups is 1. The van der Waals surface area contributed by atoms with E-state index in [-0.39, 0.29) is 0 Å². The first kappa shape index (κ1) is 13.5. The Morgan fingerprint density at radius 2 is 2.24 bits per heavy atom. The van der Waals surface area contributed by atoms with Gasteiger partial charge in [0.05, 0.1) is 19.1 Å². The molecule has 7 nitrogen and oxygen atoms in total. The van der Waals surface area contributed by atoms with Crippen LogP contribution in [-0.4, -0.2) is 38.4 Å². The number of benzene rings is 1. The molecule has 0 radical (unpaired) electrons. The highest BCUT2D eigenvalue weighted by atomic mass is 16.5. The van der Waals surface area contributed by atoms with Crippen molar-refractivity contribution in [3.8, 4) is 17.1 Å². The Morgan fingerprint density at radius 1 is 1.48 bits per heavy atom. The quantitative estimate of drug-likeness (QED) is 0.897. The van der Waals surface area contributed by atoms with Crippen LogP contribution in [0.15, 0.2) is 18.2 Å². The molecule has 0 unspecified atom stereocenters. The lowest BCUT2D eigenvalue weighted by Gasteiger charge is -2.11. The van der Waals surface area contributed by atoms with Crippen LogP contribution in [0, 0.1) is 12.3 Å². The van der Waals surface area contributed by atoms with E-state index in [1.165, 1.54) is 0 Å². The fourth-order valence-corrected chi connectivity index (χ4v) is 2.35. The molecule has 0 bridgehead atoms. The summed E-state index contributed by atoms with van der Waals surface area (Å²) in [6.45, 7) is 2.25. The van der Waals surface area contributed by atoms with Crippen molar-refractivity contribution in [3.63, 3.8) is 0 Å². The summed E-state index contributed by atoms with van der Waals surface area (Å²) in [5, 5.41) is 20.9. The minimum atomic E-state index is -0.787. The summed E-state index contributed by atoms with van der Waals surface area (Å²) in [5.74, 6) is 0.521. The molecule has 1 saturated carbocycles. The molecular weight excluding hydrogens is 272 g/mol. The van der Waals surface area contributed by atoms with E-state index in [0.717, 1.165) is 16.9 Å². The molecule has 1 aliphatic rings. The van der Waals surface area contributed by atoms with E-state index in [1.54, 1.807) is 11.8 Å². The third kappa shape index (κ3) is 2.35. The van der Waals surface area contributed by atoms with Crippen LogP contribution in [0.25, 0.3) is 11.4 Å². The number of aromatic nitrogens is 4. The molecule has 0 spiro atoms. The van der Waals surface area contributed by atoms with Crippen molar-refractivity contribution in [2.45, 2.75) is 26.3 Å². The van der Waals surface area contributed by atoms with Crippen LogP contribution in [0.1, 0.15) is 18.4 Å². The predicted octanol–water partition coefficient (Wildman–Crippen LogP) is 1.52. The van der Waals surface area contributed by atoms with Crippen molar-refractivity contribution in [3.05, 3.63) is 23.8 Å². The van der Waals surface area contributed by atoms with E-state index in [9.17, 15) is 9.90 Å². The summed E-state index contributed by atoms with van der Waals surface area (Å²) < 4.78 is 6.86. The van der Waals surface area contributed by atoms with E-state index in [4.69, 9.17) is 4.74 Å². The smallest absolute Gasteiger partial charge is 0.311 e. The van der Waals surface area contributed by atoms with Gasteiger partial charge in [-0.3, -0.25) is 4.79 Å². The zero-order valence-corrected chi connectivity index (χ0v) is 11.9. The van der Waals surface area contributed by atoms with Gasteiger partial charge in [-0.1, -0.05) is 12.1 Å². The van der Waals surface area contributed by atoms with E-state index < -0.39 is 11.4 Å². The van der Waals surface area contributed by atoms with Gasteiger partial charge in [0, 0.05) is 5.56 Å². The number of aliphatic carboxylic acids is 1. The summed E-state index contributed by atoms with van der Waals surface area (Å²) in [4.78, 5) is 11.3. The van der Waals surface area contributed by atoms with Gasteiger partial charge in [-0.25, -0.2) is 4.68 Å². The van der Waals surface area contributed by atoms with Crippen molar-refractivity contribution < 1.29 is 14.6 Å². The molecule has 110 valence electrons. The lowest BCUT2D eigenvalue weighted by atomic mass is 10.1. The maximum atomic E-state index is 11.3. The minimum Gasteiger partial charge on any atom is -0.496 e. The number of aryl methyl sites for hydroxylation is 1. The summed E-state index contributed by atoms with van der Waals surface area (Å²) in [6.07, 6.45) is 1.33. The predicted molar refractivity (Wildman–Crippen MR) is 73.8 cm³/mol. The number of ether oxygens (including phenoxy) is 1. The number of methoxy groups -OCH3 is 1. The molecule has 1 fully saturated rings. The number of rotatable bonds is 5. The van der Waals surface area contributed by atoms with Crippen LogP contribution in [-0.2, 0) is 11.3 Å². The Bertz CT molecular complexity index is 691. The average molecular weight is 288 g/mol. The number of carboxylic acid groups (broad SMARTS) is 1. The topological polar surface area (TPSA) is 90.1 Å². The molecule has 0 amide bonds. The third-order valence-corrected chi connectivity index (χ3v) is 3.96. The Morgan fingerprint density at radius 3 is 2.86 bits per heavy atom.